The lowest BCUT2D eigenvalue weighted by molar-refractivity contribution is -0.117. The monoisotopic (exact) mass is 350 g/mol. The summed E-state index contributed by atoms with van der Waals surface area (Å²) in [6.45, 7) is 3.93. The lowest BCUT2D eigenvalue weighted by Gasteiger charge is -2.19. The molecule has 1 heterocycles. The molecule has 1 aromatic carbocycles. The Morgan fingerprint density at radius 3 is 2.62 bits per heavy atom. The molecule has 2 aromatic rings. The summed E-state index contributed by atoms with van der Waals surface area (Å²) >= 11 is 1.38. The Kier molecular flexibility index (Phi) is 6.36. The molecule has 1 aromatic heterocycles. The standard InChI is InChI=1S/C16H22N4O3S/c1-5-11(15(21)18-16-20-19-14(6-2)24-16)17-12-9-10(22-3)7-8-13(12)23-4/h7-9,11,17H,5-6H2,1-4H3,(H,18,20,21)/t11-/m1/s1. The van der Waals surface area contributed by atoms with E-state index in [1.165, 1.54) is 11.3 Å². The summed E-state index contributed by atoms with van der Waals surface area (Å²) in [5.41, 5.74) is 0.699. The Morgan fingerprint density at radius 2 is 2.04 bits per heavy atom. The number of rotatable bonds is 8. The van der Waals surface area contributed by atoms with E-state index in [-0.39, 0.29) is 5.91 Å². The molecule has 0 unspecified atom stereocenters. The summed E-state index contributed by atoms with van der Waals surface area (Å²) in [4.78, 5) is 12.5. The molecule has 0 fully saturated rings. The summed E-state index contributed by atoms with van der Waals surface area (Å²) in [6, 6.07) is 4.97. The quantitative estimate of drug-likeness (QED) is 0.761. The topological polar surface area (TPSA) is 85.4 Å². The molecule has 130 valence electrons. The molecule has 0 bridgehead atoms. The number of ether oxygens (including phenoxy) is 2. The van der Waals surface area contributed by atoms with Crippen LogP contribution in [0, 0.1) is 0 Å². The Morgan fingerprint density at radius 1 is 1.25 bits per heavy atom. The lowest BCUT2D eigenvalue weighted by atomic mass is 10.2. The molecule has 0 saturated heterocycles. The van der Waals surface area contributed by atoms with Gasteiger partial charge in [0, 0.05) is 6.07 Å². The second-order valence-corrected chi connectivity index (χ2v) is 6.08. The van der Waals surface area contributed by atoms with Crippen LogP contribution in [0.1, 0.15) is 25.3 Å². The lowest BCUT2D eigenvalue weighted by Crippen LogP contribution is -2.34. The second-order valence-electron chi connectivity index (χ2n) is 5.02. The Balaban J connectivity index is 2.11. The highest BCUT2D eigenvalue weighted by atomic mass is 32.1. The fraction of sp³-hybridized carbons (Fsp3) is 0.438. The number of carbonyl (C=O) groups is 1. The molecule has 2 rings (SSSR count). The van der Waals surface area contributed by atoms with Crippen LogP contribution < -0.4 is 20.1 Å². The summed E-state index contributed by atoms with van der Waals surface area (Å²) < 4.78 is 10.6. The highest BCUT2D eigenvalue weighted by molar-refractivity contribution is 7.15. The van der Waals surface area contributed by atoms with Crippen molar-refractivity contribution in [3.8, 4) is 11.5 Å². The third kappa shape index (κ3) is 4.35. The van der Waals surface area contributed by atoms with Crippen LogP contribution in [0.2, 0.25) is 0 Å². The third-order valence-corrected chi connectivity index (χ3v) is 4.44. The van der Waals surface area contributed by atoms with Crippen molar-refractivity contribution >= 4 is 28.1 Å². The Labute approximate surface area is 145 Å². The van der Waals surface area contributed by atoms with E-state index in [4.69, 9.17) is 9.47 Å². The van der Waals surface area contributed by atoms with Gasteiger partial charge in [-0.2, -0.15) is 0 Å². The number of methoxy groups -OCH3 is 2. The van der Waals surface area contributed by atoms with E-state index in [2.05, 4.69) is 20.8 Å². The van der Waals surface area contributed by atoms with Crippen LogP contribution in [-0.4, -0.2) is 36.4 Å². The number of carbonyl (C=O) groups excluding carboxylic acids is 1. The van der Waals surface area contributed by atoms with Crippen LogP contribution in [0.15, 0.2) is 18.2 Å². The maximum atomic E-state index is 12.5. The average Bonchev–Trinajstić information content (AvgIpc) is 3.06. The Bertz CT molecular complexity index is 690. The van der Waals surface area contributed by atoms with Gasteiger partial charge in [0.05, 0.1) is 19.9 Å². The molecule has 0 aliphatic rings. The number of benzene rings is 1. The normalized spacial score (nSPS) is 11.7. The summed E-state index contributed by atoms with van der Waals surface area (Å²) in [5, 5.41) is 15.4. The van der Waals surface area contributed by atoms with Crippen LogP contribution >= 0.6 is 11.3 Å². The minimum atomic E-state index is -0.431. The third-order valence-electron chi connectivity index (χ3n) is 3.46. The number of nitrogens with zero attached hydrogens (tertiary/aromatic N) is 2. The van der Waals surface area contributed by atoms with Crippen molar-refractivity contribution in [3.63, 3.8) is 0 Å². The molecule has 0 saturated carbocycles. The first-order valence-corrected chi connectivity index (χ1v) is 8.54. The van der Waals surface area contributed by atoms with Gasteiger partial charge in [-0.1, -0.05) is 25.2 Å². The van der Waals surface area contributed by atoms with E-state index >= 15 is 0 Å². The predicted molar refractivity (Wildman–Crippen MR) is 95.2 cm³/mol. The summed E-state index contributed by atoms with van der Waals surface area (Å²) in [5.74, 6) is 1.16. The van der Waals surface area contributed by atoms with Crippen molar-refractivity contribution in [1.29, 1.82) is 0 Å². The van der Waals surface area contributed by atoms with Crippen molar-refractivity contribution in [3.05, 3.63) is 23.2 Å². The van der Waals surface area contributed by atoms with Gasteiger partial charge in [-0.3, -0.25) is 10.1 Å². The van der Waals surface area contributed by atoms with E-state index in [1.807, 2.05) is 13.8 Å². The van der Waals surface area contributed by atoms with Gasteiger partial charge in [0.1, 0.15) is 22.5 Å². The molecule has 0 radical (unpaired) electrons. The number of hydrogen-bond acceptors (Lipinski definition) is 7. The van der Waals surface area contributed by atoms with Gasteiger partial charge in [0.25, 0.3) is 0 Å². The van der Waals surface area contributed by atoms with Gasteiger partial charge >= 0.3 is 0 Å². The maximum Gasteiger partial charge on any atom is 0.248 e. The predicted octanol–water partition coefficient (Wildman–Crippen LogP) is 2.95. The first-order chi connectivity index (χ1) is 11.6. The molecule has 2 N–H and O–H groups in total. The fourth-order valence-corrected chi connectivity index (χ4v) is 2.79. The number of anilines is 2. The second kappa shape index (κ2) is 8.49. The molecule has 0 aliphatic heterocycles. The van der Waals surface area contributed by atoms with Gasteiger partial charge < -0.3 is 14.8 Å². The van der Waals surface area contributed by atoms with Gasteiger partial charge in [0.2, 0.25) is 11.0 Å². The number of aryl methyl sites for hydroxylation is 1. The smallest absolute Gasteiger partial charge is 0.248 e. The van der Waals surface area contributed by atoms with E-state index < -0.39 is 6.04 Å². The molecule has 24 heavy (non-hydrogen) atoms. The maximum absolute atomic E-state index is 12.5. The largest absolute Gasteiger partial charge is 0.497 e. The zero-order chi connectivity index (χ0) is 17.5. The highest BCUT2D eigenvalue weighted by Crippen LogP contribution is 2.30. The molecule has 0 aliphatic carbocycles. The molecule has 0 spiro atoms. The number of nitrogens with one attached hydrogen (secondary N) is 2. The zero-order valence-electron chi connectivity index (χ0n) is 14.3. The van der Waals surface area contributed by atoms with Crippen LogP contribution in [0.3, 0.4) is 0 Å². The van der Waals surface area contributed by atoms with Crippen molar-refractivity contribution < 1.29 is 14.3 Å². The van der Waals surface area contributed by atoms with E-state index in [0.717, 1.165) is 11.4 Å². The molecule has 1 atom stereocenters. The molecular weight excluding hydrogens is 328 g/mol. The first kappa shape index (κ1) is 18.0. The molecule has 1 amide bonds. The van der Waals surface area contributed by atoms with Crippen molar-refractivity contribution in [2.24, 2.45) is 0 Å². The Hall–Kier alpha value is -2.35. The van der Waals surface area contributed by atoms with Gasteiger partial charge in [-0.05, 0) is 25.0 Å². The van der Waals surface area contributed by atoms with Gasteiger partial charge in [-0.25, -0.2) is 0 Å². The van der Waals surface area contributed by atoms with Crippen molar-refractivity contribution in [2.45, 2.75) is 32.7 Å². The van der Waals surface area contributed by atoms with Gasteiger partial charge in [-0.15, -0.1) is 10.2 Å². The van der Waals surface area contributed by atoms with Crippen LogP contribution in [0.5, 0.6) is 11.5 Å². The average molecular weight is 350 g/mol. The minimum Gasteiger partial charge on any atom is -0.497 e. The van der Waals surface area contributed by atoms with E-state index in [9.17, 15) is 4.79 Å². The van der Waals surface area contributed by atoms with Crippen LogP contribution in [-0.2, 0) is 11.2 Å². The van der Waals surface area contributed by atoms with E-state index in [1.54, 1.807) is 32.4 Å². The van der Waals surface area contributed by atoms with Crippen molar-refractivity contribution in [1.82, 2.24) is 10.2 Å². The fourth-order valence-electron chi connectivity index (χ4n) is 2.11. The molecule has 8 heteroatoms. The van der Waals surface area contributed by atoms with E-state index in [0.29, 0.717) is 28.7 Å². The SMILES string of the molecule is CCc1nnc(NC(=O)[C@@H](CC)Nc2cc(OC)ccc2OC)s1. The van der Waals surface area contributed by atoms with Crippen LogP contribution in [0.25, 0.3) is 0 Å². The first-order valence-electron chi connectivity index (χ1n) is 7.73. The number of amides is 1. The van der Waals surface area contributed by atoms with Crippen LogP contribution in [0.4, 0.5) is 10.8 Å². The minimum absolute atomic E-state index is 0.166. The van der Waals surface area contributed by atoms with Crippen molar-refractivity contribution in [2.75, 3.05) is 24.9 Å². The number of hydrogen-bond donors (Lipinski definition) is 2. The molecular formula is C16H22N4O3S. The zero-order valence-corrected chi connectivity index (χ0v) is 15.1. The summed E-state index contributed by atoms with van der Waals surface area (Å²) in [7, 11) is 3.18. The number of aromatic nitrogens is 2. The highest BCUT2D eigenvalue weighted by Gasteiger charge is 2.20. The van der Waals surface area contributed by atoms with Gasteiger partial charge in [0.15, 0.2) is 0 Å². The molecule has 7 nitrogen and oxygen atoms in total. The summed E-state index contributed by atoms with van der Waals surface area (Å²) in [6.07, 6.45) is 1.40.